The van der Waals surface area contributed by atoms with Gasteiger partial charge in [-0.3, -0.25) is 0 Å². The Morgan fingerprint density at radius 1 is 0.385 bits per heavy atom. The van der Waals surface area contributed by atoms with E-state index in [0.29, 0.717) is 27.7 Å². The van der Waals surface area contributed by atoms with Gasteiger partial charge in [0.1, 0.15) is 22.5 Å². The molecule has 0 unspecified atom stereocenters. The van der Waals surface area contributed by atoms with Crippen LogP contribution in [-0.2, 0) is 0 Å². The smallest absolute Gasteiger partial charge is 0.143 e. The van der Waals surface area contributed by atoms with Gasteiger partial charge in [0.15, 0.2) is 0 Å². The number of para-hydroxylation sites is 1. The number of benzene rings is 9. The minimum Gasteiger partial charge on any atom is -0.455 e. The van der Waals surface area contributed by atoms with E-state index in [9.17, 15) is 8.22 Å². The molecule has 0 spiro atoms. The zero-order valence-electron chi connectivity index (χ0n) is 42.0. The van der Waals surface area contributed by atoms with Gasteiger partial charge in [0.25, 0.3) is 0 Å². The van der Waals surface area contributed by atoms with Crippen molar-refractivity contribution in [1.82, 2.24) is 0 Å². The summed E-state index contributed by atoms with van der Waals surface area (Å²) in [6.45, 7) is 0. The van der Waals surface area contributed by atoms with Crippen molar-refractivity contribution in [2.24, 2.45) is 0 Å². The third kappa shape index (κ3) is 4.31. The number of furan rings is 2. The van der Waals surface area contributed by atoms with Crippen LogP contribution in [0, 0.1) is 0 Å². The second kappa shape index (κ2) is 11.3. The van der Waals surface area contributed by atoms with Crippen molar-refractivity contribution in [2.45, 2.75) is 0 Å². The molecule has 2 heterocycles. The van der Waals surface area contributed by atoms with E-state index in [0.717, 1.165) is 22.1 Å². The molecular weight excluding hydrogens is 633 g/mol. The van der Waals surface area contributed by atoms with Crippen LogP contribution in [0.15, 0.2) is 190 Å². The molecule has 0 amide bonds. The molecule has 0 atom stereocenters. The van der Waals surface area contributed by atoms with Gasteiger partial charge in [-0.2, -0.15) is 0 Å². The molecule has 0 saturated carbocycles. The summed E-state index contributed by atoms with van der Waals surface area (Å²) in [5.74, 6) is 0.650. The molecule has 0 fully saturated rings. The summed E-state index contributed by atoms with van der Waals surface area (Å²) in [5, 5.41) is -0.0323. The Balaban J connectivity index is 1.32. The van der Waals surface area contributed by atoms with Gasteiger partial charge in [-0.1, -0.05) is 163 Å². The van der Waals surface area contributed by atoms with Gasteiger partial charge in [0.2, 0.25) is 0 Å². The minimum absolute atomic E-state index is 0.0516. The molecule has 11 aromatic rings. The monoisotopic (exact) mass is 677 g/mol. The highest BCUT2D eigenvalue weighted by Gasteiger charge is 2.23. The molecule has 0 aliphatic heterocycles. The first-order chi connectivity index (χ1) is 32.0. The van der Waals surface area contributed by atoms with Crippen molar-refractivity contribution in [2.75, 3.05) is 0 Å². The molecule has 2 heteroatoms. The molecule has 0 bridgehead atoms. The Labute approximate surface area is 320 Å². The molecule has 2 nitrogen and oxygen atoms in total. The highest BCUT2D eigenvalue weighted by atomic mass is 16.3. The van der Waals surface area contributed by atoms with Crippen molar-refractivity contribution in [3.8, 4) is 44.7 Å². The van der Waals surface area contributed by atoms with Gasteiger partial charge in [0.05, 0.1) is 20.6 Å². The van der Waals surface area contributed by atoms with E-state index < -0.39 is 113 Å². The molecule has 11 rings (SSSR count). The first kappa shape index (κ1) is 17.8. The number of rotatable bonds is 4. The number of hydrogen-bond donors (Lipinski definition) is 0. The van der Waals surface area contributed by atoms with Gasteiger partial charge in [-0.05, 0) is 61.1 Å². The van der Waals surface area contributed by atoms with Crippen molar-refractivity contribution < 1.29 is 29.4 Å². The van der Waals surface area contributed by atoms with E-state index in [1.807, 2.05) is 72.8 Å². The third-order valence-corrected chi connectivity index (χ3v) is 9.55. The zero-order valence-corrected chi connectivity index (χ0v) is 27.0. The fourth-order valence-electron chi connectivity index (χ4n) is 7.32. The van der Waals surface area contributed by atoms with E-state index in [1.54, 1.807) is 18.2 Å². The van der Waals surface area contributed by atoms with E-state index in [4.69, 9.17) is 21.2 Å². The summed E-state index contributed by atoms with van der Waals surface area (Å²) in [6.07, 6.45) is 0. The van der Waals surface area contributed by atoms with Crippen LogP contribution in [0.2, 0.25) is 0 Å². The van der Waals surface area contributed by atoms with Gasteiger partial charge in [-0.15, -0.1) is 0 Å². The summed E-state index contributed by atoms with van der Waals surface area (Å²) < 4.78 is 149. The maximum absolute atomic E-state index is 9.52. The molecular formula is C50H30O2. The second-order valence-corrected chi connectivity index (χ2v) is 12.4. The quantitative estimate of drug-likeness (QED) is 0.173. The molecule has 0 N–H and O–H groups in total. The van der Waals surface area contributed by atoms with Crippen LogP contribution < -0.4 is 0 Å². The van der Waals surface area contributed by atoms with Gasteiger partial charge in [0, 0.05) is 44.5 Å². The molecule has 52 heavy (non-hydrogen) atoms. The largest absolute Gasteiger partial charge is 0.455 e. The maximum atomic E-state index is 9.52. The van der Waals surface area contributed by atoms with Gasteiger partial charge >= 0.3 is 0 Å². The Kier molecular flexibility index (Phi) is 3.88. The number of hydrogen-bond acceptors (Lipinski definition) is 2. The van der Waals surface area contributed by atoms with E-state index in [-0.39, 0.29) is 38.3 Å². The zero-order chi connectivity index (χ0) is 47.2. The normalized spacial score (nSPS) is 15.9. The highest BCUT2D eigenvalue weighted by molar-refractivity contribution is 6.25. The van der Waals surface area contributed by atoms with E-state index >= 15 is 0 Å². The third-order valence-electron chi connectivity index (χ3n) is 9.55. The summed E-state index contributed by atoms with van der Waals surface area (Å²) in [5.41, 5.74) is 2.95. The summed E-state index contributed by atoms with van der Waals surface area (Å²) in [4.78, 5) is 0. The predicted molar refractivity (Wildman–Crippen MR) is 218 cm³/mol. The molecule has 242 valence electrons. The molecule has 0 saturated heterocycles. The first-order valence-corrected chi connectivity index (χ1v) is 16.5. The van der Waals surface area contributed by atoms with Crippen molar-refractivity contribution in [3.05, 3.63) is 182 Å². The average Bonchev–Trinajstić information content (AvgIpc) is 3.90. The Bertz CT molecular complexity index is 3950. The van der Waals surface area contributed by atoms with Gasteiger partial charge < -0.3 is 8.83 Å². The topological polar surface area (TPSA) is 26.3 Å². The lowest BCUT2D eigenvalue weighted by Gasteiger charge is -2.18. The SMILES string of the molecule is [2H]c1c([2H])c([2H])c2c([2H])c(-c3c4c([2H])c([2H])c([2H])c([2H])c4c(-c4cccc5c4oc4cc6oc(-c7ccccc7)c(-c7ccccc7)c6cc45)c4c([2H])c([2H])c([2H])c([2H])c34)c([2H])c([2H])c2c1[2H]. The van der Waals surface area contributed by atoms with E-state index in [1.165, 1.54) is 0 Å². The van der Waals surface area contributed by atoms with Gasteiger partial charge in [-0.25, -0.2) is 0 Å². The Morgan fingerprint density at radius 3 is 1.71 bits per heavy atom. The first-order valence-electron chi connectivity index (χ1n) is 24.0. The van der Waals surface area contributed by atoms with Crippen molar-refractivity contribution in [3.63, 3.8) is 0 Å². The van der Waals surface area contributed by atoms with Crippen LogP contribution in [-0.4, -0.2) is 0 Å². The summed E-state index contributed by atoms with van der Waals surface area (Å²) in [7, 11) is 0. The molecule has 9 aromatic carbocycles. The van der Waals surface area contributed by atoms with Crippen LogP contribution in [0.5, 0.6) is 0 Å². The molecule has 2 aromatic heterocycles. The maximum Gasteiger partial charge on any atom is 0.143 e. The lowest BCUT2D eigenvalue weighted by Crippen LogP contribution is -1.91. The van der Waals surface area contributed by atoms with Crippen LogP contribution in [0.3, 0.4) is 0 Å². The fraction of sp³-hybridized carbons (Fsp3) is 0. The van der Waals surface area contributed by atoms with Crippen LogP contribution >= 0.6 is 0 Å². The Hall–Kier alpha value is -6.90. The lowest BCUT2D eigenvalue weighted by atomic mass is 9.85. The molecule has 0 aliphatic rings. The van der Waals surface area contributed by atoms with Crippen LogP contribution in [0.1, 0.15) is 20.6 Å². The van der Waals surface area contributed by atoms with Crippen LogP contribution in [0.4, 0.5) is 0 Å². The second-order valence-electron chi connectivity index (χ2n) is 12.4. The highest BCUT2D eigenvalue weighted by Crippen LogP contribution is 2.48. The fourth-order valence-corrected chi connectivity index (χ4v) is 7.32. The minimum atomic E-state index is -0.758. The average molecular weight is 678 g/mol. The standard InChI is InChI=1S/C50H30O2/c1-3-15-32(16-4-1)47-43-29-42-40-24-13-25-41(50(40)52-44(42)30-45(43)51-49(47)33-17-5-2-6-18-33)48-38-22-11-9-20-36(38)46(37-21-10-12-23-39(37)48)35-27-26-31-14-7-8-19-34(31)28-35/h1-30H/i7D,8D,9D,10D,11D,12D,14D,19D,20D,21D,22D,23D,26D,27D,28D. The molecule has 0 aliphatic carbocycles. The van der Waals surface area contributed by atoms with Crippen molar-refractivity contribution >= 4 is 65.2 Å². The molecule has 0 radical (unpaired) electrons. The van der Waals surface area contributed by atoms with Crippen LogP contribution in [0.25, 0.3) is 110 Å². The number of fused-ring (bicyclic) bond motifs is 7. The van der Waals surface area contributed by atoms with Crippen molar-refractivity contribution in [1.29, 1.82) is 0 Å². The summed E-state index contributed by atoms with van der Waals surface area (Å²) >= 11 is 0. The summed E-state index contributed by atoms with van der Waals surface area (Å²) in [6, 6.07) is 18.0. The van der Waals surface area contributed by atoms with E-state index in [2.05, 4.69) is 0 Å². The lowest BCUT2D eigenvalue weighted by molar-refractivity contribution is 0.629. The predicted octanol–water partition coefficient (Wildman–Crippen LogP) is 14.5. The Morgan fingerprint density at radius 2 is 1.00 bits per heavy atom.